The average molecular weight is 553 g/mol. The van der Waals surface area contributed by atoms with Crippen LogP contribution in [0.3, 0.4) is 0 Å². The van der Waals surface area contributed by atoms with Gasteiger partial charge in [0.05, 0.1) is 22.6 Å². The standard InChI is InChI=1S/C29H29BrO6/c1-20(26(30)27(35-21(2)31)22-12-6-3-7-13-22)25(36-29(33)24-16-10-5-11-17-24)18-19-34-28(32)23-14-8-4-9-15-23/h3-17,20,25-27H,18-19H2,1-2H3/t20-,25+,26+,27-/m1/s1. The second-order valence-corrected chi connectivity index (χ2v) is 9.40. The number of carbonyl (C=O) groups excluding carboxylic acids is 3. The maximum atomic E-state index is 12.9. The Morgan fingerprint density at radius 3 is 1.78 bits per heavy atom. The van der Waals surface area contributed by atoms with Gasteiger partial charge in [0.1, 0.15) is 12.2 Å². The van der Waals surface area contributed by atoms with Crippen LogP contribution in [0.1, 0.15) is 52.7 Å². The molecule has 0 N–H and O–H groups in total. The summed E-state index contributed by atoms with van der Waals surface area (Å²) in [6.07, 6.45) is -0.974. The maximum Gasteiger partial charge on any atom is 0.338 e. The van der Waals surface area contributed by atoms with E-state index in [-0.39, 0.29) is 23.8 Å². The molecule has 0 spiro atoms. The third-order valence-electron chi connectivity index (χ3n) is 5.71. The quantitative estimate of drug-likeness (QED) is 0.161. The Hall–Kier alpha value is -3.45. The number of hydrogen-bond donors (Lipinski definition) is 0. The topological polar surface area (TPSA) is 78.9 Å². The summed E-state index contributed by atoms with van der Waals surface area (Å²) in [4.78, 5) is 36.8. The first-order valence-corrected chi connectivity index (χ1v) is 12.6. The summed E-state index contributed by atoms with van der Waals surface area (Å²) < 4.78 is 17.0. The Morgan fingerprint density at radius 2 is 1.25 bits per heavy atom. The number of ether oxygens (including phenoxy) is 3. The van der Waals surface area contributed by atoms with E-state index in [9.17, 15) is 14.4 Å². The van der Waals surface area contributed by atoms with Crippen LogP contribution in [-0.2, 0) is 19.0 Å². The number of alkyl halides is 1. The van der Waals surface area contributed by atoms with Crippen LogP contribution < -0.4 is 0 Å². The van der Waals surface area contributed by atoms with E-state index >= 15 is 0 Å². The highest BCUT2D eigenvalue weighted by molar-refractivity contribution is 9.09. The summed E-state index contributed by atoms with van der Waals surface area (Å²) in [5, 5.41) is 0. The van der Waals surface area contributed by atoms with Crippen molar-refractivity contribution in [3.8, 4) is 0 Å². The molecule has 0 aromatic heterocycles. The van der Waals surface area contributed by atoms with Crippen LogP contribution in [0.4, 0.5) is 0 Å². The van der Waals surface area contributed by atoms with Crippen molar-refractivity contribution in [1.82, 2.24) is 0 Å². The van der Waals surface area contributed by atoms with Crippen molar-refractivity contribution >= 4 is 33.8 Å². The van der Waals surface area contributed by atoms with Crippen molar-refractivity contribution in [2.24, 2.45) is 5.92 Å². The van der Waals surface area contributed by atoms with Gasteiger partial charge in [-0.05, 0) is 29.8 Å². The molecule has 0 aliphatic rings. The van der Waals surface area contributed by atoms with E-state index in [1.807, 2.05) is 49.4 Å². The smallest absolute Gasteiger partial charge is 0.338 e. The third-order valence-corrected chi connectivity index (χ3v) is 7.03. The van der Waals surface area contributed by atoms with Crippen LogP contribution in [0, 0.1) is 5.92 Å². The van der Waals surface area contributed by atoms with Gasteiger partial charge in [0.2, 0.25) is 0 Å². The van der Waals surface area contributed by atoms with Crippen molar-refractivity contribution in [2.45, 2.75) is 37.3 Å². The lowest BCUT2D eigenvalue weighted by molar-refractivity contribution is -0.147. The lowest BCUT2D eigenvalue weighted by atomic mass is 9.92. The molecule has 3 aromatic carbocycles. The van der Waals surface area contributed by atoms with Crippen LogP contribution in [0.25, 0.3) is 0 Å². The normalized spacial score (nSPS) is 14.1. The molecule has 0 aliphatic heterocycles. The molecule has 0 aliphatic carbocycles. The summed E-state index contributed by atoms with van der Waals surface area (Å²) in [5.41, 5.74) is 1.67. The molecule has 0 unspecified atom stereocenters. The molecule has 6 nitrogen and oxygen atoms in total. The van der Waals surface area contributed by atoms with Crippen molar-refractivity contribution in [2.75, 3.05) is 6.61 Å². The van der Waals surface area contributed by atoms with Gasteiger partial charge >= 0.3 is 17.9 Å². The van der Waals surface area contributed by atoms with Crippen molar-refractivity contribution in [1.29, 1.82) is 0 Å². The highest BCUT2D eigenvalue weighted by Crippen LogP contribution is 2.35. The lowest BCUT2D eigenvalue weighted by Gasteiger charge is -2.32. The molecule has 0 amide bonds. The van der Waals surface area contributed by atoms with E-state index < -0.39 is 30.1 Å². The monoisotopic (exact) mass is 552 g/mol. The van der Waals surface area contributed by atoms with E-state index in [0.29, 0.717) is 11.1 Å². The second-order valence-electron chi connectivity index (χ2n) is 8.34. The van der Waals surface area contributed by atoms with Crippen LogP contribution in [0.5, 0.6) is 0 Å². The Morgan fingerprint density at radius 1 is 0.750 bits per heavy atom. The van der Waals surface area contributed by atoms with Gasteiger partial charge in [0.25, 0.3) is 0 Å². The van der Waals surface area contributed by atoms with Gasteiger partial charge in [-0.2, -0.15) is 0 Å². The summed E-state index contributed by atoms with van der Waals surface area (Å²) in [6, 6.07) is 26.8. The van der Waals surface area contributed by atoms with Crippen LogP contribution in [0.2, 0.25) is 0 Å². The first-order chi connectivity index (χ1) is 17.4. The van der Waals surface area contributed by atoms with Gasteiger partial charge in [-0.1, -0.05) is 89.6 Å². The summed E-state index contributed by atoms with van der Waals surface area (Å²) in [7, 11) is 0. The van der Waals surface area contributed by atoms with Gasteiger partial charge in [0.15, 0.2) is 0 Å². The van der Waals surface area contributed by atoms with Crippen molar-refractivity contribution in [3.05, 3.63) is 108 Å². The molecular weight excluding hydrogens is 524 g/mol. The number of halogens is 1. The highest BCUT2D eigenvalue weighted by atomic mass is 79.9. The molecule has 3 aromatic rings. The minimum absolute atomic E-state index is 0.0497. The zero-order chi connectivity index (χ0) is 25.9. The average Bonchev–Trinajstić information content (AvgIpc) is 2.91. The van der Waals surface area contributed by atoms with Gasteiger partial charge in [-0.15, -0.1) is 0 Å². The molecule has 0 saturated carbocycles. The molecule has 0 radical (unpaired) electrons. The Balaban J connectivity index is 1.77. The zero-order valence-electron chi connectivity index (χ0n) is 20.2. The van der Waals surface area contributed by atoms with Crippen LogP contribution in [0.15, 0.2) is 91.0 Å². The van der Waals surface area contributed by atoms with E-state index in [0.717, 1.165) is 5.56 Å². The van der Waals surface area contributed by atoms with Crippen molar-refractivity contribution < 1.29 is 28.6 Å². The molecule has 7 heteroatoms. The maximum absolute atomic E-state index is 12.9. The minimum Gasteiger partial charge on any atom is -0.462 e. The number of hydrogen-bond acceptors (Lipinski definition) is 6. The first-order valence-electron chi connectivity index (χ1n) is 11.7. The summed E-state index contributed by atoms with van der Waals surface area (Å²) in [5.74, 6) is -1.66. The zero-order valence-corrected chi connectivity index (χ0v) is 21.8. The summed E-state index contributed by atoms with van der Waals surface area (Å²) in [6.45, 7) is 3.31. The molecule has 188 valence electrons. The van der Waals surface area contributed by atoms with Gasteiger partial charge in [-0.25, -0.2) is 9.59 Å². The molecule has 0 fully saturated rings. The Kier molecular flexibility index (Phi) is 10.2. The molecule has 3 rings (SSSR count). The predicted octanol–water partition coefficient (Wildman–Crippen LogP) is 6.16. The van der Waals surface area contributed by atoms with E-state index in [1.165, 1.54) is 6.92 Å². The van der Waals surface area contributed by atoms with Crippen LogP contribution in [-0.4, -0.2) is 35.4 Å². The van der Waals surface area contributed by atoms with Gasteiger partial charge in [-0.3, -0.25) is 4.79 Å². The SMILES string of the molecule is CC(=O)O[C@H](c1ccccc1)[C@@H](Br)[C@H](C)[C@H](CCOC(=O)c1ccccc1)OC(=O)c1ccccc1. The number of benzene rings is 3. The first kappa shape index (κ1) is 27.1. The Bertz CT molecular complexity index is 1120. The van der Waals surface area contributed by atoms with E-state index in [4.69, 9.17) is 14.2 Å². The minimum atomic E-state index is -0.632. The Labute approximate surface area is 219 Å². The fourth-order valence-electron chi connectivity index (χ4n) is 3.75. The van der Waals surface area contributed by atoms with E-state index in [1.54, 1.807) is 48.5 Å². The number of esters is 3. The highest BCUT2D eigenvalue weighted by Gasteiger charge is 2.35. The number of carbonyl (C=O) groups is 3. The molecule has 0 bridgehead atoms. The molecule has 36 heavy (non-hydrogen) atoms. The van der Waals surface area contributed by atoms with Gasteiger partial charge in [0, 0.05) is 19.3 Å². The predicted molar refractivity (Wildman–Crippen MR) is 140 cm³/mol. The second kappa shape index (κ2) is 13.6. The van der Waals surface area contributed by atoms with E-state index in [2.05, 4.69) is 15.9 Å². The fraction of sp³-hybridized carbons (Fsp3) is 0.276. The summed E-state index contributed by atoms with van der Waals surface area (Å²) >= 11 is 3.70. The van der Waals surface area contributed by atoms with Crippen molar-refractivity contribution in [3.63, 3.8) is 0 Å². The third kappa shape index (κ3) is 7.78. The number of rotatable bonds is 11. The molecular formula is C29H29BrO6. The van der Waals surface area contributed by atoms with Gasteiger partial charge < -0.3 is 14.2 Å². The fourth-order valence-corrected chi connectivity index (χ4v) is 4.51. The largest absolute Gasteiger partial charge is 0.462 e. The molecule has 0 saturated heterocycles. The molecule has 0 heterocycles. The molecule has 4 atom stereocenters. The van der Waals surface area contributed by atoms with Crippen LogP contribution >= 0.6 is 15.9 Å². The lowest BCUT2D eigenvalue weighted by Crippen LogP contribution is -2.36.